The summed E-state index contributed by atoms with van der Waals surface area (Å²) in [7, 11) is 4.57. The number of carbonyl (C=O) groups is 1. The number of fused-ring (bicyclic) bond motifs is 1. The van der Waals surface area contributed by atoms with Gasteiger partial charge in [-0.15, -0.1) is 0 Å². The summed E-state index contributed by atoms with van der Waals surface area (Å²) in [5.41, 5.74) is 2.81. The average molecular weight is 490 g/mol. The predicted molar refractivity (Wildman–Crippen MR) is 138 cm³/mol. The van der Waals surface area contributed by atoms with Gasteiger partial charge in [-0.25, -0.2) is 0 Å². The van der Waals surface area contributed by atoms with E-state index in [1.54, 1.807) is 48.5 Å². The Morgan fingerprint density at radius 3 is 2.33 bits per heavy atom. The van der Waals surface area contributed by atoms with Crippen LogP contribution in [0.15, 0.2) is 63.8 Å². The van der Waals surface area contributed by atoms with Crippen LogP contribution in [0.1, 0.15) is 11.1 Å². The van der Waals surface area contributed by atoms with Gasteiger partial charge in [0.15, 0.2) is 23.9 Å². The van der Waals surface area contributed by atoms with Crippen molar-refractivity contribution in [1.82, 2.24) is 0 Å². The van der Waals surface area contributed by atoms with E-state index in [2.05, 4.69) is 5.32 Å². The largest absolute Gasteiger partial charge is 0.495 e. The summed E-state index contributed by atoms with van der Waals surface area (Å²) >= 11 is 0. The Kier molecular flexibility index (Phi) is 7.15. The van der Waals surface area contributed by atoms with Gasteiger partial charge < -0.3 is 28.7 Å². The molecule has 8 heteroatoms. The van der Waals surface area contributed by atoms with Crippen LogP contribution < -0.4 is 29.7 Å². The zero-order valence-corrected chi connectivity index (χ0v) is 20.8. The molecule has 0 unspecified atom stereocenters. The number of methoxy groups -OCH3 is 3. The van der Waals surface area contributed by atoms with E-state index in [9.17, 15) is 9.59 Å². The Morgan fingerprint density at radius 1 is 0.889 bits per heavy atom. The van der Waals surface area contributed by atoms with Crippen molar-refractivity contribution in [2.75, 3.05) is 33.3 Å². The van der Waals surface area contributed by atoms with Gasteiger partial charge in [-0.2, -0.15) is 0 Å². The minimum Gasteiger partial charge on any atom is -0.495 e. The van der Waals surface area contributed by atoms with Crippen LogP contribution in [0.3, 0.4) is 0 Å². The maximum absolute atomic E-state index is 13.6. The molecule has 3 aromatic carbocycles. The molecular weight excluding hydrogens is 462 g/mol. The fourth-order valence-corrected chi connectivity index (χ4v) is 4.00. The first kappa shape index (κ1) is 24.7. The summed E-state index contributed by atoms with van der Waals surface area (Å²) in [5, 5.41) is 3.11. The first-order valence-electron chi connectivity index (χ1n) is 11.2. The molecule has 0 aliphatic carbocycles. The molecule has 4 rings (SSSR count). The molecule has 0 bridgehead atoms. The lowest BCUT2D eigenvalue weighted by atomic mass is 10.0. The van der Waals surface area contributed by atoms with Crippen LogP contribution in [0.2, 0.25) is 0 Å². The quantitative estimate of drug-likeness (QED) is 0.367. The van der Waals surface area contributed by atoms with Crippen molar-refractivity contribution in [3.05, 3.63) is 75.9 Å². The van der Waals surface area contributed by atoms with E-state index in [-0.39, 0.29) is 16.9 Å². The number of hydrogen-bond donors (Lipinski definition) is 1. The number of benzene rings is 3. The molecule has 0 saturated heterocycles. The molecule has 186 valence electrons. The normalized spacial score (nSPS) is 10.7. The number of nitrogens with one attached hydrogen (secondary N) is 1. The van der Waals surface area contributed by atoms with E-state index < -0.39 is 12.5 Å². The van der Waals surface area contributed by atoms with Crippen molar-refractivity contribution in [3.8, 4) is 34.3 Å². The van der Waals surface area contributed by atoms with Crippen LogP contribution in [-0.2, 0) is 4.79 Å². The van der Waals surface area contributed by atoms with Crippen LogP contribution in [0.5, 0.6) is 23.0 Å². The van der Waals surface area contributed by atoms with Gasteiger partial charge in [0.2, 0.25) is 11.2 Å². The fourth-order valence-electron chi connectivity index (χ4n) is 4.00. The van der Waals surface area contributed by atoms with Gasteiger partial charge >= 0.3 is 0 Å². The summed E-state index contributed by atoms with van der Waals surface area (Å²) in [6, 6.07) is 15.8. The molecule has 1 aromatic heterocycles. The maximum Gasteiger partial charge on any atom is 0.262 e. The van der Waals surface area contributed by atoms with Crippen LogP contribution in [0.25, 0.3) is 22.3 Å². The predicted octanol–water partition coefficient (Wildman–Crippen LogP) is 5.12. The van der Waals surface area contributed by atoms with E-state index >= 15 is 0 Å². The van der Waals surface area contributed by atoms with Gasteiger partial charge in [-0.3, -0.25) is 9.59 Å². The molecule has 1 amide bonds. The van der Waals surface area contributed by atoms with Crippen molar-refractivity contribution in [1.29, 1.82) is 0 Å². The zero-order valence-electron chi connectivity index (χ0n) is 20.8. The Hall–Kier alpha value is -4.46. The van der Waals surface area contributed by atoms with E-state index in [1.807, 2.05) is 19.9 Å². The summed E-state index contributed by atoms with van der Waals surface area (Å²) in [4.78, 5) is 26.3. The molecule has 0 spiro atoms. The number of carbonyl (C=O) groups excluding carboxylic acids is 1. The topological polar surface area (TPSA) is 96.2 Å². The first-order valence-corrected chi connectivity index (χ1v) is 11.2. The van der Waals surface area contributed by atoms with Crippen LogP contribution >= 0.6 is 0 Å². The number of anilines is 1. The summed E-state index contributed by atoms with van der Waals surface area (Å²) in [6.07, 6.45) is 0. The average Bonchev–Trinajstić information content (AvgIpc) is 2.88. The standard InChI is InChI=1S/C28H27NO7/c1-16-12-17(2)26-19(13-16)25(31)28(27(36-26)18-10-11-22(33-4)23(14-18)34-5)35-15-24(30)29-20-8-6-7-9-21(20)32-3/h6-14H,15H2,1-5H3,(H,29,30). The van der Waals surface area contributed by atoms with Gasteiger partial charge in [0.1, 0.15) is 11.3 Å². The number of aryl methyl sites for hydroxylation is 2. The number of ether oxygens (including phenoxy) is 4. The second kappa shape index (κ2) is 10.4. The lowest BCUT2D eigenvalue weighted by molar-refractivity contribution is -0.118. The van der Waals surface area contributed by atoms with E-state index in [1.165, 1.54) is 21.3 Å². The molecule has 0 fully saturated rings. The van der Waals surface area contributed by atoms with Gasteiger partial charge in [0.25, 0.3) is 5.91 Å². The highest BCUT2D eigenvalue weighted by Gasteiger charge is 2.21. The van der Waals surface area contributed by atoms with Gasteiger partial charge in [-0.1, -0.05) is 18.2 Å². The van der Waals surface area contributed by atoms with Crippen LogP contribution in [0, 0.1) is 13.8 Å². The molecule has 8 nitrogen and oxygen atoms in total. The highest BCUT2D eigenvalue weighted by molar-refractivity contribution is 5.93. The number of para-hydroxylation sites is 2. The highest BCUT2D eigenvalue weighted by atomic mass is 16.5. The second-order valence-electron chi connectivity index (χ2n) is 8.15. The van der Waals surface area contributed by atoms with E-state index in [0.717, 1.165) is 11.1 Å². The first-order chi connectivity index (χ1) is 17.4. The summed E-state index contributed by atoms with van der Waals surface area (Å²) in [5.74, 6) is 1.14. The third-order valence-corrected chi connectivity index (χ3v) is 5.65. The third-order valence-electron chi connectivity index (χ3n) is 5.65. The molecule has 1 N–H and O–H groups in total. The minimum atomic E-state index is -0.460. The molecular formula is C28H27NO7. The number of rotatable bonds is 8. The molecule has 4 aromatic rings. The van der Waals surface area contributed by atoms with Crippen LogP contribution in [0.4, 0.5) is 5.69 Å². The summed E-state index contributed by atoms with van der Waals surface area (Å²) in [6.45, 7) is 3.35. The SMILES string of the molecule is COc1ccccc1NC(=O)COc1c(-c2ccc(OC)c(OC)c2)oc2c(C)cc(C)cc2c1=O. The van der Waals surface area contributed by atoms with Gasteiger partial charge in [-0.05, 0) is 61.4 Å². The number of hydrogen-bond acceptors (Lipinski definition) is 7. The minimum absolute atomic E-state index is 0.0742. The molecule has 36 heavy (non-hydrogen) atoms. The molecule has 0 atom stereocenters. The zero-order chi connectivity index (χ0) is 25.8. The van der Waals surface area contributed by atoms with Gasteiger partial charge in [0.05, 0.1) is 32.4 Å². The monoisotopic (exact) mass is 489 g/mol. The van der Waals surface area contributed by atoms with Crippen molar-refractivity contribution in [2.24, 2.45) is 0 Å². The molecule has 0 aliphatic heterocycles. The molecule has 0 saturated carbocycles. The Balaban J connectivity index is 1.77. The van der Waals surface area contributed by atoms with Crippen molar-refractivity contribution < 1.29 is 28.2 Å². The molecule has 1 heterocycles. The van der Waals surface area contributed by atoms with Crippen molar-refractivity contribution >= 4 is 22.6 Å². The molecule has 0 radical (unpaired) electrons. The number of amides is 1. The fraction of sp³-hybridized carbons (Fsp3) is 0.214. The Bertz CT molecular complexity index is 1490. The summed E-state index contributed by atoms with van der Waals surface area (Å²) < 4.78 is 28.1. The Labute approximate surface area is 208 Å². The van der Waals surface area contributed by atoms with E-state index in [0.29, 0.717) is 39.5 Å². The highest BCUT2D eigenvalue weighted by Crippen LogP contribution is 2.37. The van der Waals surface area contributed by atoms with Crippen LogP contribution in [-0.4, -0.2) is 33.8 Å². The van der Waals surface area contributed by atoms with Crippen molar-refractivity contribution in [2.45, 2.75) is 13.8 Å². The smallest absolute Gasteiger partial charge is 0.262 e. The van der Waals surface area contributed by atoms with Gasteiger partial charge in [0, 0.05) is 5.56 Å². The third kappa shape index (κ3) is 4.84. The lowest BCUT2D eigenvalue weighted by Crippen LogP contribution is -2.23. The molecule has 0 aliphatic rings. The lowest BCUT2D eigenvalue weighted by Gasteiger charge is -2.15. The maximum atomic E-state index is 13.6. The van der Waals surface area contributed by atoms with E-state index in [4.69, 9.17) is 23.4 Å². The Morgan fingerprint density at radius 2 is 1.61 bits per heavy atom. The second-order valence-corrected chi connectivity index (χ2v) is 8.15. The van der Waals surface area contributed by atoms with Crippen molar-refractivity contribution in [3.63, 3.8) is 0 Å².